The highest BCUT2D eigenvalue weighted by Crippen LogP contribution is 2.11. The lowest BCUT2D eigenvalue weighted by Crippen LogP contribution is -3.00. The Bertz CT molecular complexity index is 541. The summed E-state index contributed by atoms with van der Waals surface area (Å²) in [5.74, 6) is 0. The van der Waals surface area contributed by atoms with Crippen LogP contribution in [0.2, 0.25) is 0 Å². The van der Waals surface area contributed by atoms with E-state index in [0.717, 1.165) is 17.8 Å². The maximum atomic E-state index is 10.5. The Labute approximate surface area is 116 Å². The number of halogens is 1. The molecular weight excluding hydrogens is 296 g/mol. The van der Waals surface area contributed by atoms with Gasteiger partial charge in [0, 0.05) is 36.8 Å². The second-order valence-corrected chi connectivity index (χ2v) is 3.89. The third kappa shape index (κ3) is 3.37. The van der Waals surface area contributed by atoms with Gasteiger partial charge >= 0.3 is 0 Å². The average Bonchev–Trinajstić information content (AvgIpc) is 2.33. The minimum absolute atomic E-state index is 0. The van der Waals surface area contributed by atoms with Gasteiger partial charge in [0.25, 0.3) is 5.69 Å². The topological polar surface area (TPSA) is 47.0 Å². The summed E-state index contributed by atoms with van der Waals surface area (Å²) in [5.41, 5.74) is 2.34. The lowest BCUT2D eigenvalue weighted by atomic mass is 10.2. The Morgan fingerprint density at radius 3 is 2.39 bits per heavy atom. The van der Waals surface area contributed by atoms with E-state index in [1.165, 1.54) is 12.1 Å². The first kappa shape index (κ1) is 14.3. The first-order valence-electron chi connectivity index (χ1n) is 5.35. The van der Waals surface area contributed by atoms with Crippen LogP contribution in [0.4, 0.5) is 5.69 Å². The molecule has 0 N–H and O–H groups in total. The van der Waals surface area contributed by atoms with E-state index >= 15 is 0 Å². The highest BCUT2D eigenvalue weighted by molar-refractivity contribution is 5.32. The molecule has 0 amide bonds. The second-order valence-electron chi connectivity index (χ2n) is 3.89. The van der Waals surface area contributed by atoms with Crippen LogP contribution in [0.3, 0.4) is 0 Å². The molecule has 18 heavy (non-hydrogen) atoms. The van der Waals surface area contributed by atoms with Gasteiger partial charge < -0.3 is 17.0 Å². The van der Waals surface area contributed by atoms with Crippen molar-refractivity contribution in [2.75, 3.05) is 0 Å². The van der Waals surface area contributed by atoms with Gasteiger partial charge in [-0.3, -0.25) is 10.1 Å². The third-order valence-electron chi connectivity index (χ3n) is 2.67. The molecule has 0 fully saturated rings. The molecule has 0 unspecified atom stereocenters. The summed E-state index contributed by atoms with van der Waals surface area (Å²) in [6.07, 6.45) is 2.00. The first-order valence-corrected chi connectivity index (χ1v) is 5.35. The van der Waals surface area contributed by atoms with Gasteiger partial charge in [0.15, 0.2) is 18.4 Å². The predicted molar refractivity (Wildman–Crippen MR) is 63.6 cm³/mol. The Balaban J connectivity index is 0.00000162. The lowest BCUT2D eigenvalue weighted by Gasteiger charge is -2.00. The molecule has 0 saturated heterocycles. The fourth-order valence-corrected chi connectivity index (χ4v) is 1.66. The van der Waals surface area contributed by atoms with E-state index in [0.29, 0.717) is 0 Å². The molecule has 0 radical (unpaired) electrons. The number of aryl methyl sites for hydroxylation is 1. The van der Waals surface area contributed by atoms with E-state index in [9.17, 15) is 10.1 Å². The van der Waals surface area contributed by atoms with Gasteiger partial charge in [-0.25, -0.2) is 0 Å². The number of nitrogens with zero attached hydrogens (tertiary/aromatic N) is 2. The quantitative estimate of drug-likeness (QED) is 0.425. The van der Waals surface area contributed by atoms with Crippen molar-refractivity contribution in [1.82, 2.24) is 0 Å². The molecule has 0 aliphatic rings. The molecule has 2 rings (SSSR count). The maximum absolute atomic E-state index is 10.5. The SMILES string of the molecule is Cc1cccc[n+]1Cc1ccc([N+](=O)[O-])cc1.[Br-]. The smallest absolute Gasteiger partial charge is 0.269 e. The van der Waals surface area contributed by atoms with Crippen LogP contribution < -0.4 is 21.5 Å². The molecule has 5 heteroatoms. The number of hydrogen-bond donors (Lipinski definition) is 0. The molecule has 1 aromatic heterocycles. The van der Waals surface area contributed by atoms with Crippen LogP contribution >= 0.6 is 0 Å². The van der Waals surface area contributed by atoms with E-state index in [2.05, 4.69) is 4.57 Å². The predicted octanol–water partition coefficient (Wildman–Crippen LogP) is -0.757. The summed E-state index contributed by atoms with van der Waals surface area (Å²) in [7, 11) is 0. The molecule has 94 valence electrons. The highest BCUT2D eigenvalue weighted by Gasteiger charge is 2.08. The minimum Gasteiger partial charge on any atom is -1.00 e. The van der Waals surface area contributed by atoms with Crippen molar-refractivity contribution >= 4 is 5.69 Å². The Hall–Kier alpha value is -1.75. The number of nitro benzene ring substituents is 1. The summed E-state index contributed by atoms with van der Waals surface area (Å²) in [4.78, 5) is 10.1. The molecule has 2 aromatic rings. The molecule has 0 saturated carbocycles. The third-order valence-corrected chi connectivity index (χ3v) is 2.67. The van der Waals surface area contributed by atoms with Crippen LogP contribution in [0.15, 0.2) is 48.7 Å². The highest BCUT2D eigenvalue weighted by atomic mass is 79.9. The van der Waals surface area contributed by atoms with Crippen molar-refractivity contribution < 1.29 is 26.5 Å². The van der Waals surface area contributed by atoms with Crippen molar-refractivity contribution in [2.45, 2.75) is 13.5 Å². The van der Waals surface area contributed by atoms with E-state index in [1.807, 2.05) is 31.3 Å². The molecule has 4 nitrogen and oxygen atoms in total. The van der Waals surface area contributed by atoms with Crippen molar-refractivity contribution in [3.05, 3.63) is 70.0 Å². The summed E-state index contributed by atoms with van der Waals surface area (Å²) in [6, 6.07) is 12.6. The summed E-state index contributed by atoms with van der Waals surface area (Å²) in [6.45, 7) is 2.76. The fraction of sp³-hybridized carbons (Fsp3) is 0.154. The number of aromatic nitrogens is 1. The van der Waals surface area contributed by atoms with Crippen LogP contribution in [-0.4, -0.2) is 4.92 Å². The van der Waals surface area contributed by atoms with Gasteiger partial charge in [0.05, 0.1) is 4.92 Å². The van der Waals surface area contributed by atoms with Gasteiger partial charge in [0.1, 0.15) is 0 Å². The van der Waals surface area contributed by atoms with Gasteiger partial charge in [-0.2, -0.15) is 4.57 Å². The Morgan fingerprint density at radius 1 is 1.17 bits per heavy atom. The van der Waals surface area contributed by atoms with Crippen molar-refractivity contribution in [2.24, 2.45) is 0 Å². The molecule has 0 spiro atoms. The Kier molecular flexibility index (Phi) is 4.97. The number of benzene rings is 1. The summed E-state index contributed by atoms with van der Waals surface area (Å²) >= 11 is 0. The second kappa shape index (κ2) is 6.26. The number of pyridine rings is 1. The zero-order valence-electron chi connectivity index (χ0n) is 9.91. The van der Waals surface area contributed by atoms with E-state index in [4.69, 9.17) is 0 Å². The fourth-order valence-electron chi connectivity index (χ4n) is 1.66. The molecule has 0 aliphatic heterocycles. The number of hydrogen-bond acceptors (Lipinski definition) is 2. The minimum atomic E-state index is -0.384. The van der Waals surface area contributed by atoms with Gasteiger partial charge in [-0.05, 0) is 12.1 Å². The standard InChI is InChI=1S/C13H13N2O2.BrH/c1-11-4-2-3-9-14(11)10-12-5-7-13(8-6-12)15(16)17;/h2-9H,10H2,1H3;1H/q+1;/p-1. The lowest BCUT2D eigenvalue weighted by molar-refractivity contribution is -0.694. The summed E-state index contributed by atoms with van der Waals surface area (Å²) < 4.78 is 2.10. The van der Waals surface area contributed by atoms with Gasteiger partial charge in [0.2, 0.25) is 0 Å². The number of rotatable bonds is 3. The molecule has 0 atom stereocenters. The van der Waals surface area contributed by atoms with Crippen molar-refractivity contribution in [3.63, 3.8) is 0 Å². The largest absolute Gasteiger partial charge is 1.00 e. The number of non-ortho nitro benzene ring substituents is 1. The molecular formula is C13H13BrN2O2. The zero-order chi connectivity index (χ0) is 12.3. The van der Waals surface area contributed by atoms with Gasteiger partial charge in [-0.15, -0.1) is 0 Å². The van der Waals surface area contributed by atoms with E-state index in [-0.39, 0.29) is 27.6 Å². The van der Waals surface area contributed by atoms with Crippen LogP contribution in [0.5, 0.6) is 0 Å². The van der Waals surface area contributed by atoms with Crippen molar-refractivity contribution in [3.8, 4) is 0 Å². The molecule has 0 bridgehead atoms. The van der Waals surface area contributed by atoms with Crippen molar-refractivity contribution in [1.29, 1.82) is 0 Å². The van der Waals surface area contributed by atoms with E-state index < -0.39 is 0 Å². The Morgan fingerprint density at radius 2 is 1.83 bits per heavy atom. The van der Waals surface area contributed by atoms with Crippen LogP contribution in [0.25, 0.3) is 0 Å². The average molecular weight is 309 g/mol. The zero-order valence-corrected chi connectivity index (χ0v) is 11.5. The maximum Gasteiger partial charge on any atom is 0.269 e. The molecule has 1 aromatic carbocycles. The summed E-state index contributed by atoms with van der Waals surface area (Å²) in [5, 5.41) is 10.5. The number of nitro groups is 1. The first-order chi connectivity index (χ1) is 8.16. The molecule has 0 aliphatic carbocycles. The van der Waals surface area contributed by atoms with Gasteiger partial charge in [-0.1, -0.05) is 6.07 Å². The normalized spacial score (nSPS) is 9.61. The molecule has 1 heterocycles. The van der Waals surface area contributed by atoms with Crippen LogP contribution in [0, 0.1) is 17.0 Å². The monoisotopic (exact) mass is 308 g/mol. The van der Waals surface area contributed by atoms with E-state index in [1.54, 1.807) is 12.1 Å². The van der Waals surface area contributed by atoms with Crippen LogP contribution in [-0.2, 0) is 6.54 Å². The van der Waals surface area contributed by atoms with Crippen LogP contribution in [0.1, 0.15) is 11.3 Å².